The Hall–Kier alpha value is -0.940. The zero-order chi connectivity index (χ0) is 10.8. The Balaban J connectivity index is 2.13. The van der Waals surface area contributed by atoms with Crippen LogP contribution in [0.4, 0.5) is 0 Å². The molecule has 2 rings (SSSR count). The van der Waals surface area contributed by atoms with Gasteiger partial charge in [0.05, 0.1) is 18.6 Å². The molecule has 1 fully saturated rings. The molecule has 1 saturated heterocycles. The summed E-state index contributed by atoms with van der Waals surface area (Å²) in [6.07, 6.45) is 0.198. The van der Waals surface area contributed by atoms with E-state index in [1.807, 2.05) is 13.8 Å². The number of hydrogen-bond acceptors (Lipinski definition) is 5. The van der Waals surface area contributed by atoms with Gasteiger partial charge in [0.15, 0.2) is 5.82 Å². The van der Waals surface area contributed by atoms with Crippen molar-refractivity contribution >= 4 is 0 Å². The Morgan fingerprint density at radius 2 is 2.27 bits per heavy atom. The van der Waals surface area contributed by atoms with Gasteiger partial charge in [-0.2, -0.15) is 4.98 Å². The van der Waals surface area contributed by atoms with Crippen LogP contribution in [0.1, 0.15) is 43.8 Å². The normalized spacial score (nSPS) is 27.2. The van der Waals surface area contributed by atoms with E-state index in [-0.39, 0.29) is 11.8 Å². The summed E-state index contributed by atoms with van der Waals surface area (Å²) in [6, 6.07) is 0. The Bertz CT molecular complexity index is 324. The molecule has 1 N–H and O–H groups in total. The molecular weight excluding hydrogens is 196 g/mol. The lowest BCUT2D eigenvalue weighted by Crippen LogP contribution is -2.30. The highest BCUT2D eigenvalue weighted by Crippen LogP contribution is 2.25. The highest BCUT2D eigenvalue weighted by atomic mass is 16.5. The maximum Gasteiger partial charge on any atom is 0.234 e. The Morgan fingerprint density at radius 1 is 1.47 bits per heavy atom. The molecule has 0 saturated carbocycles. The minimum Gasteiger partial charge on any atom is -0.392 e. The fraction of sp³-hybridized carbons (Fsp3) is 0.800. The molecule has 0 spiro atoms. The summed E-state index contributed by atoms with van der Waals surface area (Å²) in [5.41, 5.74) is 0. The fourth-order valence-electron chi connectivity index (χ4n) is 1.59. The molecule has 84 valence electrons. The summed E-state index contributed by atoms with van der Waals surface area (Å²) in [6.45, 7) is 5.06. The van der Waals surface area contributed by atoms with Gasteiger partial charge in [-0.25, -0.2) is 0 Å². The summed E-state index contributed by atoms with van der Waals surface area (Å²) in [4.78, 5) is 4.27. The van der Waals surface area contributed by atoms with Crippen molar-refractivity contribution in [2.45, 2.75) is 38.2 Å². The number of aliphatic hydroxyl groups is 1. The second-order valence-corrected chi connectivity index (χ2v) is 4.18. The summed E-state index contributed by atoms with van der Waals surface area (Å²) >= 11 is 0. The number of aliphatic hydroxyl groups excluding tert-OH is 1. The fourth-order valence-corrected chi connectivity index (χ4v) is 1.59. The van der Waals surface area contributed by atoms with E-state index in [0.717, 1.165) is 0 Å². The molecule has 1 aromatic heterocycles. The van der Waals surface area contributed by atoms with Gasteiger partial charge in [0.2, 0.25) is 5.89 Å². The van der Waals surface area contributed by atoms with Crippen LogP contribution < -0.4 is 0 Å². The molecule has 0 amide bonds. The standard InChI is InChI=1S/C10H16N2O3/c1-6(2)9-11-10(15-12-9)7-5-14-4-3-8(7)13/h6-8,13H,3-5H2,1-2H3. The van der Waals surface area contributed by atoms with Crippen LogP contribution in [-0.4, -0.2) is 34.6 Å². The van der Waals surface area contributed by atoms with Gasteiger partial charge in [0.1, 0.15) is 0 Å². The number of rotatable bonds is 2. The Morgan fingerprint density at radius 3 is 2.87 bits per heavy atom. The molecule has 2 unspecified atom stereocenters. The average Bonchev–Trinajstić information content (AvgIpc) is 2.67. The third-order valence-corrected chi connectivity index (χ3v) is 2.61. The lowest BCUT2D eigenvalue weighted by molar-refractivity contribution is -0.0149. The second kappa shape index (κ2) is 4.28. The molecule has 2 heterocycles. The molecule has 0 bridgehead atoms. The number of aromatic nitrogens is 2. The van der Waals surface area contributed by atoms with E-state index in [2.05, 4.69) is 10.1 Å². The lowest BCUT2D eigenvalue weighted by atomic mass is 9.99. The molecule has 0 aliphatic carbocycles. The Labute approximate surface area is 88.4 Å². The predicted octanol–water partition coefficient (Wildman–Crippen LogP) is 1.06. The van der Waals surface area contributed by atoms with Gasteiger partial charge in [-0.05, 0) is 6.42 Å². The highest BCUT2D eigenvalue weighted by Gasteiger charge is 2.30. The van der Waals surface area contributed by atoms with Crippen molar-refractivity contribution < 1.29 is 14.4 Å². The van der Waals surface area contributed by atoms with Crippen LogP contribution in [0.2, 0.25) is 0 Å². The maximum atomic E-state index is 9.76. The lowest BCUT2D eigenvalue weighted by Gasteiger charge is -2.24. The molecule has 5 nitrogen and oxygen atoms in total. The van der Waals surface area contributed by atoms with Gasteiger partial charge in [0, 0.05) is 12.5 Å². The maximum absolute atomic E-state index is 9.76. The molecule has 1 aliphatic heterocycles. The van der Waals surface area contributed by atoms with E-state index >= 15 is 0 Å². The van der Waals surface area contributed by atoms with Gasteiger partial charge < -0.3 is 14.4 Å². The van der Waals surface area contributed by atoms with E-state index in [1.165, 1.54) is 0 Å². The minimum atomic E-state index is -0.431. The van der Waals surface area contributed by atoms with Crippen molar-refractivity contribution in [2.24, 2.45) is 0 Å². The first-order valence-corrected chi connectivity index (χ1v) is 5.27. The molecule has 2 atom stereocenters. The number of nitrogens with zero attached hydrogens (tertiary/aromatic N) is 2. The van der Waals surface area contributed by atoms with Crippen LogP contribution in [0, 0.1) is 0 Å². The van der Waals surface area contributed by atoms with Gasteiger partial charge >= 0.3 is 0 Å². The van der Waals surface area contributed by atoms with Crippen LogP contribution in [0.15, 0.2) is 4.52 Å². The van der Waals surface area contributed by atoms with Crippen LogP contribution in [0.25, 0.3) is 0 Å². The smallest absolute Gasteiger partial charge is 0.234 e. The first-order valence-electron chi connectivity index (χ1n) is 5.27. The van der Waals surface area contributed by atoms with E-state index in [4.69, 9.17) is 9.26 Å². The SMILES string of the molecule is CC(C)c1noc(C2COCCC2O)n1. The third kappa shape index (κ3) is 2.18. The van der Waals surface area contributed by atoms with E-state index in [0.29, 0.717) is 31.3 Å². The zero-order valence-corrected chi connectivity index (χ0v) is 9.01. The summed E-state index contributed by atoms with van der Waals surface area (Å²) in [5.74, 6) is 1.25. The molecule has 1 aliphatic rings. The van der Waals surface area contributed by atoms with E-state index in [9.17, 15) is 5.11 Å². The molecule has 0 radical (unpaired) electrons. The van der Waals surface area contributed by atoms with Crippen molar-refractivity contribution in [2.75, 3.05) is 13.2 Å². The quantitative estimate of drug-likeness (QED) is 0.793. The topological polar surface area (TPSA) is 68.4 Å². The average molecular weight is 212 g/mol. The first-order chi connectivity index (χ1) is 7.18. The predicted molar refractivity (Wildman–Crippen MR) is 52.6 cm³/mol. The van der Waals surface area contributed by atoms with Gasteiger partial charge in [0.25, 0.3) is 0 Å². The summed E-state index contributed by atoms with van der Waals surface area (Å²) in [5, 5.41) is 13.6. The highest BCUT2D eigenvalue weighted by molar-refractivity contribution is 5.00. The van der Waals surface area contributed by atoms with Crippen LogP contribution in [-0.2, 0) is 4.74 Å². The van der Waals surface area contributed by atoms with Crippen molar-refractivity contribution in [3.8, 4) is 0 Å². The third-order valence-electron chi connectivity index (χ3n) is 2.61. The van der Waals surface area contributed by atoms with Gasteiger partial charge in [-0.15, -0.1) is 0 Å². The van der Waals surface area contributed by atoms with Crippen LogP contribution >= 0.6 is 0 Å². The van der Waals surface area contributed by atoms with Crippen LogP contribution in [0.5, 0.6) is 0 Å². The van der Waals surface area contributed by atoms with Gasteiger partial charge in [-0.3, -0.25) is 0 Å². The van der Waals surface area contributed by atoms with Crippen molar-refractivity contribution in [1.29, 1.82) is 0 Å². The van der Waals surface area contributed by atoms with Crippen LogP contribution in [0.3, 0.4) is 0 Å². The molecule has 1 aromatic rings. The van der Waals surface area contributed by atoms with Gasteiger partial charge in [-0.1, -0.05) is 19.0 Å². The monoisotopic (exact) mass is 212 g/mol. The molecule has 15 heavy (non-hydrogen) atoms. The van der Waals surface area contributed by atoms with Crippen molar-refractivity contribution in [3.05, 3.63) is 11.7 Å². The second-order valence-electron chi connectivity index (χ2n) is 4.18. The number of hydrogen-bond donors (Lipinski definition) is 1. The largest absolute Gasteiger partial charge is 0.392 e. The molecule has 5 heteroatoms. The van der Waals surface area contributed by atoms with Crippen molar-refractivity contribution in [1.82, 2.24) is 10.1 Å². The first kappa shape index (κ1) is 10.6. The van der Waals surface area contributed by atoms with E-state index in [1.54, 1.807) is 0 Å². The van der Waals surface area contributed by atoms with Crippen molar-refractivity contribution in [3.63, 3.8) is 0 Å². The molecular formula is C10H16N2O3. The minimum absolute atomic E-state index is 0.168. The summed E-state index contributed by atoms with van der Waals surface area (Å²) < 4.78 is 10.4. The van der Waals surface area contributed by atoms with E-state index < -0.39 is 6.10 Å². The zero-order valence-electron chi connectivity index (χ0n) is 9.01. The molecule has 0 aromatic carbocycles. The number of ether oxygens (including phenoxy) is 1. The Kier molecular flexibility index (Phi) is 3.02. The summed E-state index contributed by atoms with van der Waals surface area (Å²) in [7, 11) is 0.